The molecule has 1 aliphatic heterocycles. The minimum absolute atomic E-state index is 0.201. The molecule has 4 heteroatoms. The molecule has 1 aromatic carbocycles. The van der Waals surface area contributed by atoms with Gasteiger partial charge in [-0.15, -0.1) is 11.3 Å². The van der Waals surface area contributed by atoms with Crippen molar-refractivity contribution in [2.45, 2.75) is 20.3 Å². The minimum Gasteiger partial charge on any atom is -0.335 e. The molecule has 0 bridgehead atoms. The Morgan fingerprint density at radius 3 is 2.52 bits per heavy atom. The van der Waals surface area contributed by atoms with Gasteiger partial charge in [0.25, 0.3) is 5.91 Å². The van der Waals surface area contributed by atoms with Gasteiger partial charge in [0.05, 0.1) is 4.88 Å². The largest absolute Gasteiger partial charge is 0.335 e. The summed E-state index contributed by atoms with van der Waals surface area (Å²) >= 11 is 1.66. The summed E-state index contributed by atoms with van der Waals surface area (Å²) < 4.78 is 0. The molecule has 0 spiro atoms. The molecule has 0 atom stereocenters. The second-order valence-electron chi connectivity index (χ2n) is 6.48. The Balaban J connectivity index is 1.49. The highest BCUT2D eigenvalue weighted by Crippen LogP contribution is 2.24. The molecular weight excluding hydrogens is 328 g/mol. The predicted molar refractivity (Wildman–Crippen MR) is 106 cm³/mol. The number of nitrogens with zero attached hydrogens (tertiary/aromatic N) is 2. The van der Waals surface area contributed by atoms with Crippen LogP contribution in [-0.4, -0.2) is 48.4 Å². The molecule has 2 aromatic rings. The Hall–Kier alpha value is -1.91. The summed E-state index contributed by atoms with van der Waals surface area (Å²) in [7, 11) is 0. The second kappa shape index (κ2) is 8.45. The van der Waals surface area contributed by atoms with Gasteiger partial charge < -0.3 is 4.90 Å². The van der Waals surface area contributed by atoms with Crippen LogP contribution in [-0.2, 0) is 6.42 Å². The van der Waals surface area contributed by atoms with Gasteiger partial charge in [-0.25, -0.2) is 0 Å². The van der Waals surface area contributed by atoms with E-state index in [1.807, 2.05) is 11.0 Å². The van der Waals surface area contributed by atoms with Crippen molar-refractivity contribution in [2.24, 2.45) is 0 Å². The van der Waals surface area contributed by atoms with Gasteiger partial charge in [0.1, 0.15) is 0 Å². The van der Waals surface area contributed by atoms with E-state index in [0.717, 1.165) is 44.0 Å². The number of aryl methyl sites for hydroxylation is 2. The molecule has 2 heterocycles. The van der Waals surface area contributed by atoms with Crippen LogP contribution < -0.4 is 0 Å². The van der Waals surface area contributed by atoms with Crippen LogP contribution in [0.1, 0.15) is 32.6 Å². The molecule has 3 rings (SSSR count). The first-order valence-corrected chi connectivity index (χ1v) is 9.81. The van der Waals surface area contributed by atoms with E-state index >= 15 is 0 Å². The number of thiophene rings is 1. The van der Waals surface area contributed by atoms with Gasteiger partial charge in [-0.2, -0.15) is 0 Å². The lowest BCUT2D eigenvalue weighted by Crippen LogP contribution is -2.48. The van der Waals surface area contributed by atoms with Crippen LogP contribution in [0.5, 0.6) is 0 Å². The first-order chi connectivity index (χ1) is 12.2. The van der Waals surface area contributed by atoms with E-state index < -0.39 is 0 Å². The van der Waals surface area contributed by atoms with Gasteiger partial charge >= 0.3 is 0 Å². The van der Waals surface area contributed by atoms with Gasteiger partial charge in [0.15, 0.2) is 0 Å². The van der Waals surface area contributed by atoms with E-state index in [4.69, 9.17) is 0 Å². The summed E-state index contributed by atoms with van der Waals surface area (Å²) in [5.41, 5.74) is 2.48. The van der Waals surface area contributed by atoms with Gasteiger partial charge in [-0.3, -0.25) is 9.69 Å². The first-order valence-electron chi connectivity index (χ1n) is 9.00. The third-order valence-corrected chi connectivity index (χ3v) is 6.05. The van der Waals surface area contributed by atoms with Crippen molar-refractivity contribution in [2.75, 3.05) is 32.7 Å². The number of benzene rings is 1. The third kappa shape index (κ3) is 4.59. The summed E-state index contributed by atoms with van der Waals surface area (Å²) in [5, 5.41) is 0. The van der Waals surface area contributed by atoms with Crippen LogP contribution in [0.4, 0.5) is 0 Å². The van der Waals surface area contributed by atoms with Gasteiger partial charge in [-0.05, 0) is 30.5 Å². The van der Waals surface area contributed by atoms with E-state index in [1.54, 1.807) is 11.3 Å². The quantitative estimate of drug-likeness (QED) is 0.807. The lowest BCUT2D eigenvalue weighted by Gasteiger charge is -2.33. The maximum atomic E-state index is 12.7. The van der Waals surface area contributed by atoms with Crippen LogP contribution in [0.15, 0.2) is 42.5 Å². The average molecular weight is 355 g/mol. The Morgan fingerprint density at radius 1 is 1.16 bits per heavy atom. The topological polar surface area (TPSA) is 23.6 Å². The van der Waals surface area contributed by atoms with Crippen molar-refractivity contribution in [3.8, 4) is 0 Å². The molecule has 1 aliphatic rings. The van der Waals surface area contributed by atoms with Crippen molar-refractivity contribution in [3.05, 3.63) is 63.4 Å². The molecule has 132 valence electrons. The second-order valence-corrected chi connectivity index (χ2v) is 7.61. The maximum absolute atomic E-state index is 12.7. The van der Waals surface area contributed by atoms with Crippen LogP contribution >= 0.6 is 11.3 Å². The van der Waals surface area contributed by atoms with Crippen LogP contribution in [0.25, 0.3) is 6.08 Å². The van der Waals surface area contributed by atoms with Crippen LogP contribution in [0.2, 0.25) is 0 Å². The predicted octanol–water partition coefficient (Wildman–Crippen LogP) is 4.09. The van der Waals surface area contributed by atoms with Crippen molar-refractivity contribution in [1.82, 2.24) is 9.80 Å². The number of amides is 1. The number of piperazine rings is 1. The van der Waals surface area contributed by atoms with Crippen molar-refractivity contribution >= 4 is 23.3 Å². The Morgan fingerprint density at radius 2 is 1.88 bits per heavy atom. The van der Waals surface area contributed by atoms with Gasteiger partial charge in [0.2, 0.25) is 0 Å². The fourth-order valence-electron chi connectivity index (χ4n) is 3.17. The molecule has 25 heavy (non-hydrogen) atoms. The Kier molecular flexibility index (Phi) is 6.05. The third-order valence-electron chi connectivity index (χ3n) is 4.69. The molecule has 3 nitrogen and oxygen atoms in total. The van der Waals surface area contributed by atoms with Crippen LogP contribution in [0.3, 0.4) is 0 Å². The minimum atomic E-state index is 0.201. The van der Waals surface area contributed by atoms with E-state index in [-0.39, 0.29) is 5.91 Å². The fraction of sp³-hybridized carbons (Fsp3) is 0.381. The van der Waals surface area contributed by atoms with Crippen molar-refractivity contribution < 1.29 is 4.79 Å². The van der Waals surface area contributed by atoms with E-state index in [2.05, 4.69) is 61.2 Å². The highest BCUT2D eigenvalue weighted by Gasteiger charge is 2.23. The normalized spacial score (nSPS) is 15.8. The van der Waals surface area contributed by atoms with E-state index in [9.17, 15) is 4.79 Å². The highest BCUT2D eigenvalue weighted by molar-refractivity contribution is 7.14. The van der Waals surface area contributed by atoms with E-state index in [1.165, 1.54) is 16.0 Å². The Bertz CT molecular complexity index is 728. The molecule has 1 saturated heterocycles. The molecule has 0 aliphatic carbocycles. The monoisotopic (exact) mass is 354 g/mol. The zero-order valence-electron chi connectivity index (χ0n) is 15.1. The summed E-state index contributed by atoms with van der Waals surface area (Å²) in [6.45, 7) is 8.70. The molecule has 0 saturated carbocycles. The lowest BCUT2D eigenvalue weighted by atomic mass is 10.2. The zero-order chi connectivity index (χ0) is 17.6. The number of hydrogen-bond acceptors (Lipinski definition) is 3. The average Bonchev–Trinajstić information content (AvgIpc) is 3.03. The SMILES string of the molecule is CCc1sc(C(=O)N2CCN(CC=Cc3ccccc3)CC2)cc1C. The summed E-state index contributed by atoms with van der Waals surface area (Å²) in [4.78, 5) is 19.3. The molecule has 0 N–H and O–H groups in total. The standard InChI is InChI=1S/C21H26N2OS/c1-3-19-17(2)16-20(25-19)21(24)23-14-12-22(13-15-23)11-7-10-18-8-5-4-6-9-18/h4-10,16H,3,11-15H2,1-2H3. The van der Waals surface area contributed by atoms with Crippen LogP contribution in [0, 0.1) is 6.92 Å². The number of hydrogen-bond donors (Lipinski definition) is 0. The number of carbonyl (C=O) groups is 1. The molecule has 0 radical (unpaired) electrons. The van der Waals surface area contributed by atoms with E-state index in [0.29, 0.717) is 0 Å². The summed E-state index contributed by atoms with van der Waals surface area (Å²) in [5.74, 6) is 0.201. The zero-order valence-corrected chi connectivity index (χ0v) is 15.9. The fourth-order valence-corrected chi connectivity index (χ4v) is 4.25. The Labute approximate surface area is 154 Å². The lowest BCUT2D eigenvalue weighted by molar-refractivity contribution is 0.0655. The van der Waals surface area contributed by atoms with Gasteiger partial charge in [-0.1, -0.05) is 49.4 Å². The summed E-state index contributed by atoms with van der Waals surface area (Å²) in [6, 6.07) is 12.4. The molecule has 0 unspecified atom stereocenters. The maximum Gasteiger partial charge on any atom is 0.264 e. The number of carbonyl (C=O) groups excluding carboxylic acids is 1. The number of rotatable bonds is 5. The summed E-state index contributed by atoms with van der Waals surface area (Å²) in [6.07, 6.45) is 5.38. The highest BCUT2D eigenvalue weighted by atomic mass is 32.1. The van der Waals surface area contributed by atoms with Crippen molar-refractivity contribution in [3.63, 3.8) is 0 Å². The smallest absolute Gasteiger partial charge is 0.264 e. The molecule has 1 fully saturated rings. The molecule has 1 amide bonds. The van der Waals surface area contributed by atoms with Gasteiger partial charge in [0, 0.05) is 37.6 Å². The molecule has 1 aromatic heterocycles. The molecular formula is C21H26N2OS. The first kappa shape index (κ1) is 17.9. The van der Waals surface area contributed by atoms with Crippen molar-refractivity contribution in [1.29, 1.82) is 0 Å².